The summed E-state index contributed by atoms with van der Waals surface area (Å²) >= 11 is 0. The van der Waals surface area contributed by atoms with Gasteiger partial charge in [0.05, 0.1) is 5.69 Å². The summed E-state index contributed by atoms with van der Waals surface area (Å²) in [5.41, 5.74) is 4.03. The lowest BCUT2D eigenvalue weighted by Crippen LogP contribution is -2.19. The topological polar surface area (TPSA) is 49.0 Å². The van der Waals surface area contributed by atoms with Gasteiger partial charge in [-0.05, 0) is 18.9 Å². The molecule has 0 saturated heterocycles. The molecule has 0 saturated carbocycles. The van der Waals surface area contributed by atoms with Gasteiger partial charge in [0.1, 0.15) is 5.82 Å². The van der Waals surface area contributed by atoms with E-state index in [0.29, 0.717) is 0 Å². The first kappa shape index (κ1) is 11.0. The van der Waals surface area contributed by atoms with E-state index in [-0.39, 0.29) is 5.69 Å². The Kier molecular flexibility index (Phi) is 2.44. The Hall–Kier alpha value is -2.10. The zero-order valence-corrected chi connectivity index (χ0v) is 10.5. The highest BCUT2D eigenvalue weighted by molar-refractivity contribution is 5.70. The van der Waals surface area contributed by atoms with E-state index in [1.165, 1.54) is 5.56 Å². The third-order valence-corrected chi connectivity index (χ3v) is 3.41. The Balaban J connectivity index is 2.21. The van der Waals surface area contributed by atoms with Crippen molar-refractivity contribution < 1.29 is 0 Å². The molecule has 1 aliphatic heterocycles. The molecule has 0 fully saturated rings. The number of H-pyrrole nitrogens is 1. The third-order valence-electron chi connectivity index (χ3n) is 3.41. The lowest BCUT2D eigenvalue weighted by molar-refractivity contribution is 0.942. The quantitative estimate of drug-likeness (QED) is 0.827. The lowest BCUT2D eigenvalue weighted by atomic mass is 10.0. The third kappa shape index (κ3) is 1.70. The summed E-state index contributed by atoms with van der Waals surface area (Å²) in [4.78, 5) is 20.6. The van der Waals surface area contributed by atoms with Crippen LogP contribution in [0.25, 0.3) is 11.3 Å². The zero-order valence-electron chi connectivity index (χ0n) is 10.5. The molecule has 0 radical (unpaired) electrons. The second kappa shape index (κ2) is 3.98. The summed E-state index contributed by atoms with van der Waals surface area (Å²) in [6.45, 7) is 2.97. The highest BCUT2D eigenvalue weighted by Gasteiger charge is 2.22. The van der Waals surface area contributed by atoms with E-state index in [9.17, 15) is 4.79 Å². The summed E-state index contributed by atoms with van der Waals surface area (Å²) in [6, 6.07) is 8.19. The number of hydrogen-bond acceptors (Lipinski definition) is 3. The standard InChI is InChI=1S/C14H15N3O/c1-9-3-5-10(6-4-9)12-11-7-8-17(2)13(11)16-14(18)15-12/h3-6H,7-8H2,1-2H3,(H,15,16,18). The molecular formula is C14H15N3O. The molecule has 1 N–H and O–H groups in total. The van der Waals surface area contributed by atoms with Crippen LogP contribution in [0.2, 0.25) is 0 Å². The molecule has 18 heavy (non-hydrogen) atoms. The minimum Gasteiger partial charge on any atom is -0.359 e. The normalized spacial score (nSPS) is 13.8. The van der Waals surface area contributed by atoms with Crippen LogP contribution >= 0.6 is 0 Å². The van der Waals surface area contributed by atoms with Crippen LogP contribution in [0, 0.1) is 6.92 Å². The molecule has 1 aromatic carbocycles. The minimum absolute atomic E-state index is 0.280. The maximum Gasteiger partial charge on any atom is 0.347 e. The van der Waals surface area contributed by atoms with Crippen molar-refractivity contribution in [1.82, 2.24) is 9.97 Å². The Bertz CT molecular complexity index is 643. The van der Waals surface area contributed by atoms with E-state index >= 15 is 0 Å². The minimum atomic E-state index is -0.280. The number of likely N-dealkylation sites (N-methyl/N-ethyl adjacent to an activating group) is 1. The van der Waals surface area contributed by atoms with Crippen LogP contribution < -0.4 is 10.6 Å². The first-order valence-electron chi connectivity index (χ1n) is 6.06. The number of nitrogens with one attached hydrogen (secondary N) is 1. The molecule has 2 aromatic rings. The summed E-state index contributed by atoms with van der Waals surface area (Å²) in [5.74, 6) is 0.814. The second-order valence-electron chi connectivity index (χ2n) is 4.76. The zero-order chi connectivity index (χ0) is 12.7. The average molecular weight is 241 g/mol. The molecule has 0 unspecified atom stereocenters. The molecular weight excluding hydrogens is 226 g/mol. The van der Waals surface area contributed by atoms with Crippen molar-refractivity contribution >= 4 is 5.82 Å². The molecule has 0 aliphatic carbocycles. The van der Waals surface area contributed by atoms with Crippen LogP contribution in [0.3, 0.4) is 0 Å². The summed E-state index contributed by atoms with van der Waals surface area (Å²) < 4.78 is 0. The summed E-state index contributed by atoms with van der Waals surface area (Å²) in [5, 5.41) is 0. The van der Waals surface area contributed by atoms with Gasteiger partial charge in [-0.15, -0.1) is 0 Å². The molecule has 4 nitrogen and oxygen atoms in total. The van der Waals surface area contributed by atoms with Gasteiger partial charge in [-0.1, -0.05) is 29.8 Å². The van der Waals surface area contributed by atoms with Crippen LogP contribution in [0.1, 0.15) is 11.1 Å². The number of anilines is 1. The number of fused-ring (bicyclic) bond motifs is 1. The molecule has 0 atom stereocenters. The van der Waals surface area contributed by atoms with Crippen LogP contribution in [0.15, 0.2) is 29.1 Å². The largest absolute Gasteiger partial charge is 0.359 e. The van der Waals surface area contributed by atoms with Crippen molar-refractivity contribution in [3.05, 3.63) is 45.9 Å². The van der Waals surface area contributed by atoms with E-state index in [0.717, 1.165) is 35.6 Å². The molecule has 1 aliphatic rings. The number of aromatic nitrogens is 2. The lowest BCUT2D eigenvalue weighted by Gasteiger charge is -2.11. The van der Waals surface area contributed by atoms with Crippen molar-refractivity contribution in [2.45, 2.75) is 13.3 Å². The van der Waals surface area contributed by atoms with Crippen molar-refractivity contribution in [3.8, 4) is 11.3 Å². The molecule has 0 amide bonds. The van der Waals surface area contributed by atoms with E-state index in [2.05, 4.69) is 29.0 Å². The van der Waals surface area contributed by atoms with Gasteiger partial charge >= 0.3 is 5.69 Å². The van der Waals surface area contributed by atoms with Crippen LogP contribution in [-0.4, -0.2) is 23.6 Å². The van der Waals surface area contributed by atoms with Gasteiger partial charge in [0.25, 0.3) is 0 Å². The fourth-order valence-electron chi connectivity index (χ4n) is 2.39. The molecule has 3 rings (SSSR count). The van der Waals surface area contributed by atoms with Gasteiger partial charge in [-0.3, -0.25) is 0 Å². The van der Waals surface area contributed by atoms with Crippen molar-refractivity contribution in [3.63, 3.8) is 0 Å². The number of rotatable bonds is 1. The molecule has 0 bridgehead atoms. The van der Waals surface area contributed by atoms with Crippen LogP contribution in [0.4, 0.5) is 5.82 Å². The van der Waals surface area contributed by atoms with E-state index in [1.807, 2.05) is 24.1 Å². The first-order valence-corrected chi connectivity index (χ1v) is 6.06. The fourth-order valence-corrected chi connectivity index (χ4v) is 2.39. The van der Waals surface area contributed by atoms with Gasteiger partial charge in [-0.25, -0.2) is 4.79 Å². The van der Waals surface area contributed by atoms with Gasteiger partial charge < -0.3 is 9.88 Å². The van der Waals surface area contributed by atoms with Crippen molar-refractivity contribution in [1.29, 1.82) is 0 Å². The van der Waals surface area contributed by atoms with Gasteiger partial charge in [0.2, 0.25) is 0 Å². The van der Waals surface area contributed by atoms with Gasteiger partial charge in [0, 0.05) is 19.2 Å². The van der Waals surface area contributed by atoms with E-state index in [4.69, 9.17) is 0 Å². The summed E-state index contributed by atoms with van der Waals surface area (Å²) in [6.07, 6.45) is 0.929. The maximum absolute atomic E-state index is 11.6. The number of hydrogen-bond donors (Lipinski definition) is 1. The van der Waals surface area contributed by atoms with Gasteiger partial charge in [-0.2, -0.15) is 4.98 Å². The highest BCUT2D eigenvalue weighted by atomic mass is 16.1. The highest BCUT2D eigenvalue weighted by Crippen LogP contribution is 2.30. The second-order valence-corrected chi connectivity index (χ2v) is 4.76. The average Bonchev–Trinajstić information content (AvgIpc) is 2.71. The monoisotopic (exact) mass is 241 g/mol. The Morgan fingerprint density at radius 1 is 1.28 bits per heavy atom. The Morgan fingerprint density at radius 2 is 2.00 bits per heavy atom. The molecule has 2 heterocycles. The molecule has 0 spiro atoms. The van der Waals surface area contributed by atoms with Crippen molar-refractivity contribution in [2.24, 2.45) is 0 Å². The van der Waals surface area contributed by atoms with Crippen LogP contribution in [-0.2, 0) is 6.42 Å². The van der Waals surface area contributed by atoms with Crippen LogP contribution in [0.5, 0.6) is 0 Å². The summed E-state index contributed by atoms with van der Waals surface area (Å²) in [7, 11) is 1.97. The molecule has 4 heteroatoms. The predicted octanol–water partition coefficient (Wildman–Crippen LogP) is 1.74. The number of nitrogens with zero attached hydrogens (tertiary/aromatic N) is 2. The van der Waals surface area contributed by atoms with E-state index in [1.54, 1.807) is 0 Å². The van der Waals surface area contributed by atoms with Crippen molar-refractivity contribution in [2.75, 3.05) is 18.5 Å². The molecule has 92 valence electrons. The smallest absolute Gasteiger partial charge is 0.347 e. The number of aromatic amines is 1. The van der Waals surface area contributed by atoms with E-state index < -0.39 is 0 Å². The number of benzene rings is 1. The SMILES string of the molecule is Cc1ccc(-c2[nH]c(=O)nc3c2CCN3C)cc1. The first-order chi connectivity index (χ1) is 8.65. The maximum atomic E-state index is 11.6. The van der Waals surface area contributed by atoms with Gasteiger partial charge in [0.15, 0.2) is 0 Å². The Morgan fingerprint density at radius 3 is 2.72 bits per heavy atom. The Labute approximate surface area is 105 Å². The fraction of sp³-hybridized carbons (Fsp3) is 0.286. The molecule has 1 aromatic heterocycles. The number of aryl methyl sites for hydroxylation is 1. The predicted molar refractivity (Wildman–Crippen MR) is 72.0 cm³/mol.